The molecule has 0 N–H and O–H groups in total. The van der Waals surface area contributed by atoms with Crippen molar-refractivity contribution in [3.05, 3.63) is 69.7 Å². The summed E-state index contributed by atoms with van der Waals surface area (Å²) in [6.07, 6.45) is 1.01. The molecule has 0 aromatic heterocycles. The monoisotopic (exact) mass is 430 g/mol. The van der Waals surface area contributed by atoms with E-state index in [2.05, 4.69) is 15.9 Å². The van der Waals surface area contributed by atoms with Crippen LogP contribution in [-0.2, 0) is 27.2 Å². The predicted octanol–water partition coefficient (Wildman–Crippen LogP) is 5.46. The van der Waals surface area contributed by atoms with Gasteiger partial charge in [0.05, 0.1) is 5.92 Å². The van der Waals surface area contributed by atoms with Crippen molar-refractivity contribution in [1.82, 2.24) is 0 Å². The standard InChI is InChI=1S/C23H27BrO3/c1-16-12-20(24)11-10-18(16)14-21(25)15-19(22(26)27-23(2,3)4)13-17-8-6-5-7-9-17/h5-12,19H,13-15H2,1-4H3/t19-/m1/s1. The molecular weight excluding hydrogens is 404 g/mol. The Morgan fingerprint density at radius 3 is 2.33 bits per heavy atom. The van der Waals surface area contributed by atoms with E-state index in [0.717, 1.165) is 21.2 Å². The van der Waals surface area contributed by atoms with Crippen molar-refractivity contribution in [2.75, 3.05) is 0 Å². The number of ether oxygens (including phenoxy) is 1. The van der Waals surface area contributed by atoms with Gasteiger partial charge in [0.25, 0.3) is 0 Å². The molecule has 0 aliphatic heterocycles. The Bertz CT molecular complexity index is 791. The smallest absolute Gasteiger partial charge is 0.310 e. The molecule has 0 aliphatic rings. The molecule has 0 fully saturated rings. The highest BCUT2D eigenvalue weighted by molar-refractivity contribution is 9.10. The van der Waals surface area contributed by atoms with Crippen LogP contribution in [0.15, 0.2) is 53.0 Å². The molecule has 0 unspecified atom stereocenters. The van der Waals surface area contributed by atoms with Crippen LogP contribution in [0.3, 0.4) is 0 Å². The van der Waals surface area contributed by atoms with Crippen molar-refractivity contribution in [2.45, 2.75) is 52.6 Å². The maximum absolute atomic E-state index is 12.7. The van der Waals surface area contributed by atoms with Crippen LogP contribution in [0.25, 0.3) is 0 Å². The van der Waals surface area contributed by atoms with E-state index in [1.165, 1.54) is 0 Å². The van der Waals surface area contributed by atoms with Gasteiger partial charge in [-0.25, -0.2) is 0 Å². The highest BCUT2D eigenvalue weighted by Crippen LogP contribution is 2.21. The van der Waals surface area contributed by atoms with E-state index >= 15 is 0 Å². The van der Waals surface area contributed by atoms with E-state index in [0.29, 0.717) is 12.8 Å². The first-order chi connectivity index (χ1) is 12.6. The minimum Gasteiger partial charge on any atom is -0.460 e. The van der Waals surface area contributed by atoms with Gasteiger partial charge in [-0.05, 0) is 62.9 Å². The number of halogens is 1. The lowest BCUT2D eigenvalue weighted by atomic mass is 9.91. The number of aryl methyl sites for hydroxylation is 1. The second-order valence-corrected chi connectivity index (χ2v) is 8.83. The number of hydrogen-bond donors (Lipinski definition) is 0. The minimum atomic E-state index is -0.572. The number of benzene rings is 2. The fraction of sp³-hybridized carbons (Fsp3) is 0.391. The Morgan fingerprint density at radius 2 is 1.74 bits per heavy atom. The summed E-state index contributed by atoms with van der Waals surface area (Å²) in [6, 6.07) is 15.7. The van der Waals surface area contributed by atoms with Gasteiger partial charge in [0, 0.05) is 17.3 Å². The molecule has 0 heterocycles. The first kappa shape index (κ1) is 21.4. The molecule has 1 atom stereocenters. The van der Waals surface area contributed by atoms with E-state index in [1.54, 1.807) is 0 Å². The SMILES string of the molecule is Cc1cc(Br)ccc1CC(=O)C[C@@H](Cc1ccccc1)C(=O)OC(C)(C)C. The summed E-state index contributed by atoms with van der Waals surface area (Å²) < 4.78 is 6.56. The molecule has 3 nitrogen and oxygen atoms in total. The van der Waals surface area contributed by atoms with E-state index in [4.69, 9.17) is 4.74 Å². The molecular formula is C23H27BrO3. The number of rotatable bonds is 7. The van der Waals surface area contributed by atoms with Gasteiger partial charge in [-0.1, -0.05) is 52.3 Å². The summed E-state index contributed by atoms with van der Waals surface area (Å²) >= 11 is 3.44. The number of hydrogen-bond acceptors (Lipinski definition) is 3. The zero-order chi connectivity index (χ0) is 20.0. The van der Waals surface area contributed by atoms with Crippen LogP contribution >= 0.6 is 15.9 Å². The number of esters is 1. The van der Waals surface area contributed by atoms with Gasteiger partial charge in [0.15, 0.2) is 0 Å². The Kier molecular flexibility index (Phi) is 7.37. The molecule has 0 radical (unpaired) electrons. The summed E-state index contributed by atoms with van der Waals surface area (Å²) in [5.41, 5.74) is 2.51. The number of carbonyl (C=O) groups excluding carboxylic acids is 2. The first-order valence-corrected chi connectivity index (χ1v) is 9.97. The third kappa shape index (κ3) is 7.30. The zero-order valence-electron chi connectivity index (χ0n) is 16.4. The lowest BCUT2D eigenvalue weighted by molar-refractivity contribution is -0.161. The van der Waals surface area contributed by atoms with Gasteiger partial charge >= 0.3 is 5.97 Å². The number of ketones is 1. The van der Waals surface area contributed by atoms with E-state index in [1.807, 2.05) is 76.2 Å². The maximum atomic E-state index is 12.7. The summed E-state index contributed by atoms with van der Waals surface area (Å²) in [7, 11) is 0. The Morgan fingerprint density at radius 1 is 1.07 bits per heavy atom. The summed E-state index contributed by atoms with van der Waals surface area (Å²) in [5, 5.41) is 0. The lowest BCUT2D eigenvalue weighted by Crippen LogP contribution is -2.31. The molecule has 27 heavy (non-hydrogen) atoms. The average Bonchev–Trinajstić information content (AvgIpc) is 2.56. The molecule has 2 aromatic carbocycles. The molecule has 2 rings (SSSR count). The number of Topliss-reactive ketones (excluding diaryl/α,β-unsaturated/α-hetero) is 1. The second-order valence-electron chi connectivity index (χ2n) is 7.91. The van der Waals surface area contributed by atoms with Crippen LogP contribution in [0.4, 0.5) is 0 Å². The van der Waals surface area contributed by atoms with E-state index in [-0.39, 0.29) is 18.2 Å². The molecule has 0 spiro atoms. The Hall–Kier alpha value is -1.94. The van der Waals surface area contributed by atoms with Crippen molar-refractivity contribution in [3.63, 3.8) is 0 Å². The Labute approximate surface area is 170 Å². The van der Waals surface area contributed by atoms with Crippen molar-refractivity contribution in [3.8, 4) is 0 Å². The summed E-state index contributed by atoms with van der Waals surface area (Å²) in [5.74, 6) is -0.741. The third-order valence-corrected chi connectivity index (χ3v) is 4.72. The molecule has 0 amide bonds. The van der Waals surface area contributed by atoms with Crippen LogP contribution in [0.1, 0.15) is 43.9 Å². The van der Waals surface area contributed by atoms with Crippen LogP contribution in [0.5, 0.6) is 0 Å². The van der Waals surface area contributed by atoms with Crippen LogP contribution < -0.4 is 0 Å². The highest BCUT2D eigenvalue weighted by Gasteiger charge is 2.27. The maximum Gasteiger partial charge on any atom is 0.310 e. The topological polar surface area (TPSA) is 43.4 Å². The zero-order valence-corrected chi connectivity index (χ0v) is 18.0. The van der Waals surface area contributed by atoms with Crippen molar-refractivity contribution >= 4 is 27.7 Å². The predicted molar refractivity (Wildman–Crippen MR) is 112 cm³/mol. The van der Waals surface area contributed by atoms with Crippen LogP contribution in [-0.4, -0.2) is 17.4 Å². The molecule has 0 saturated carbocycles. The third-order valence-electron chi connectivity index (χ3n) is 4.23. The van der Waals surface area contributed by atoms with Gasteiger partial charge in [-0.2, -0.15) is 0 Å². The van der Waals surface area contributed by atoms with Gasteiger partial charge < -0.3 is 4.74 Å². The normalized spacial score (nSPS) is 12.5. The lowest BCUT2D eigenvalue weighted by Gasteiger charge is -2.24. The summed E-state index contributed by atoms with van der Waals surface area (Å²) in [4.78, 5) is 25.4. The first-order valence-electron chi connectivity index (χ1n) is 9.17. The second kappa shape index (κ2) is 9.32. The average molecular weight is 431 g/mol. The van der Waals surface area contributed by atoms with Gasteiger partial charge in [-0.3, -0.25) is 9.59 Å². The van der Waals surface area contributed by atoms with Crippen LogP contribution in [0, 0.1) is 12.8 Å². The fourth-order valence-corrected chi connectivity index (χ4v) is 3.42. The van der Waals surface area contributed by atoms with Gasteiger partial charge in [0.2, 0.25) is 0 Å². The molecule has 4 heteroatoms. The highest BCUT2D eigenvalue weighted by atomic mass is 79.9. The summed E-state index contributed by atoms with van der Waals surface area (Å²) in [6.45, 7) is 7.52. The van der Waals surface area contributed by atoms with E-state index < -0.39 is 11.5 Å². The van der Waals surface area contributed by atoms with Crippen molar-refractivity contribution in [1.29, 1.82) is 0 Å². The van der Waals surface area contributed by atoms with Crippen molar-refractivity contribution in [2.24, 2.45) is 5.92 Å². The molecule has 0 aliphatic carbocycles. The van der Waals surface area contributed by atoms with Crippen molar-refractivity contribution < 1.29 is 14.3 Å². The number of carbonyl (C=O) groups is 2. The quantitative estimate of drug-likeness (QED) is 0.547. The molecule has 0 saturated heterocycles. The van der Waals surface area contributed by atoms with Gasteiger partial charge in [0.1, 0.15) is 11.4 Å². The molecule has 0 bridgehead atoms. The van der Waals surface area contributed by atoms with E-state index in [9.17, 15) is 9.59 Å². The minimum absolute atomic E-state index is 0.0483. The molecule has 144 valence electrons. The molecule has 2 aromatic rings. The Balaban J connectivity index is 2.12. The van der Waals surface area contributed by atoms with Crippen LogP contribution in [0.2, 0.25) is 0 Å². The fourth-order valence-electron chi connectivity index (χ4n) is 2.94. The van der Waals surface area contributed by atoms with Gasteiger partial charge in [-0.15, -0.1) is 0 Å². The largest absolute Gasteiger partial charge is 0.460 e.